The van der Waals surface area contributed by atoms with Crippen LogP contribution in [0.2, 0.25) is 0 Å². The van der Waals surface area contributed by atoms with Gasteiger partial charge in [-0.15, -0.1) is 0 Å². The van der Waals surface area contributed by atoms with Gasteiger partial charge in [-0.2, -0.15) is 0 Å². The first-order chi connectivity index (χ1) is 8.37. The topological polar surface area (TPSA) is 77.2 Å². The zero-order chi connectivity index (χ0) is 13.8. The molecule has 100 valence electrons. The Kier molecular flexibility index (Phi) is 4.90. The maximum absolute atomic E-state index is 11.9. The highest BCUT2D eigenvalue weighted by molar-refractivity contribution is 7.91. The molecule has 18 heavy (non-hydrogen) atoms. The predicted octanol–water partition coefficient (Wildman–Crippen LogP) is 1.97. The first-order valence-electron chi connectivity index (χ1n) is 5.96. The van der Waals surface area contributed by atoms with Crippen molar-refractivity contribution >= 4 is 21.3 Å². The summed E-state index contributed by atoms with van der Waals surface area (Å²) in [5.74, 6) is -0.121. The molecule has 1 rings (SSSR count). The van der Waals surface area contributed by atoms with Crippen LogP contribution in [0.1, 0.15) is 35.7 Å². The Morgan fingerprint density at radius 2 is 1.94 bits per heavy atom. The maximum atomic E-state index is 11.9. The number of carbonyl (C=O) groups excluding carboxylic acids is 1. The van der Waals surface area contributed by atoms with Gasteiger partial charge in [0.2, 0.25) is 0 Å². The summed E-state index contributed by atoms with van der Waals surface area (Å²) in [6.07, 6.45) is 0.598. The van der Waals surface area contributed by atoms with E-state index in [9.17, 15) is 13.2 Å². The lowest BCUT2D eigenvalue weighted by Gasteiger charge is -2.07. The number of hydrogen-bond donors (Lipinski definition) is 1. The highest BCUT2D eigenvalue weighted by Crippen LogP contribution is 2.17. The Balaban J connectivity index is 2.75. The number of anilines is 1. The van der Waals surface area contributed by atoms with Crippen LogP contribution >= 0.6 is 0 Å². The minimum Gasteiger partial charge on any atom is -0.398 e. The van der Waals surface area contributed by atoms with Crippen LogP contribution in [0, 0.1) is 6.92 Å². The van der Waals surface area contributed by atoms with E-state index >= 15 is 0 Å². The summed E-state index contributed by atoms with van der Waals surface area (Å²) < 4.78 is 23.1. The second-order valence-electron chi connectivity index (χ2n) is 4.34. The molecule has 0 aromatic heterocycles. The first kappa shape index (κ1) is 14.7. The van der Waals surface area contributed by atoms with Crippen LogP contribution in [0.5, 0.6) is 0 Å². The third-order valence-electron chi connectivity index (χ3n) is 2.83. The van der Waals surface area contributed by atoms with Crippen LogP contribution in [-0.2, 0) is 9.84 Å². The molecule has 0 aliphatic heterocycles. The number of hydrogen-bond acceptors (Lipinski definition) is 4. The van der Waals surface area contributed by atoms with Crippen molar-refractivity contribution in [2.75, 3.05) is 17.2 Å². The molecule has 0 aliphatic carbocycles. The van der Waals surface area contributed by atoms with Crippen molar-refractivity contribution in [3.63, 3.8) is 0 Å². The molecule has 0 radical (unpaired) electrons. The third-order valence-corrected chi connectivity index (χ3v) is 4.69. The van der Waals surface area contributed by atoms with Crippen molar-refractivity contribution in [1.29, 1.82) is 0 Å². The van der Waals surface area contributed by atoms with Gasteiger partial charge in [0.25, 0.3) is 0 Å². The smallest absolute Gasteiger partial charge is 0.164 e. The molecule has 5 heteroatoms. The third kappa shape index (κ3) is 3.84. The van der Waals surface area contributed by atoms with E-state index in [1.807, 2.05) is 0 Å². The fourth-order valence-electron chi connectivity index (χ4n) is 1.75. The van der Waals surface area contributed by atoms with E-state index in [2.05, 4.69) is 0 Å². The molecule has 1 aromatic carbocycles. The number of nitrogen functional groups attached to an aromatic ring is 1. The first-order valence-corrected chi connectivity index (χ1v) is 7.78. The van der Waals surface area contributed by atoms with Gasteiger partial charge in [0.05, 0.1) is 5.75 Å². The molecule has 0 atom stereocenters. The maximum Gasteiger partial charge on any atom is 0.164 e. The molecule has 0 saturated heterocycles. The van der Waals surface area contributed by atoms with Crippen LogP contribution in [0.25, 0.3) is 0 Å². The molecule has 0 heterocycles. The average molecular weight is 269 g/mol. The van der Waals surface area contributed by atoms with Crippen molar-refractivity contribution in [3.05, 3.63) is 29.3 Å². The molecular formula is C13H19NO3S. The largest absolute Gasteiger partial charge is 0.398 e. The van der Waals surface area contributed by atoms with E-state index in [1.165, 1.54) is 0 Å². The van der Waals surface area contributed by atoms with Crippen LogP contribution in [-0.4, -0.2) is 25.7 Å². The predicted molar refractivity (Wildman–Crippen MR) is 73.5 cm³/mol. The minimum absolute atomic E-state index is 0.0205. The molecule has 1 aromatic rings. The van der Waals surface area contributed by atoms with Crippen molar-refractivity contribution in [2.45, 2.75) is 26.7 Å². The molecule has 0 aliphatic rings. The van der Waals surface area contributed by atoms with Gasteiger partial charge in [0, 0.05) is 23.4 Å². The van der Waals surface area contributed by atoms with Gasteiger partial charge in [0.15, 0.2) is 15.6 Å². The number of sulfone groups is 1. The molecule has 4 nitrogen and oxygen atoms in total. The molecule has 0 amide bonds. The summed E-state index contributed by atoms with van der Waals surface area (Å²) in [6, 6.07) is 5.11. The summed E-state index contributed by atoms with van der Waals surface area (Å²) in [4.78, 5) is 11.9. The zero-order valence-corrected chi connectivity index (χ0v) is 11.6. The Hall–Kier alpha value is -1.36. The molecule has 2 N–H and O–H groups in total. The Morgan fingerprint density at radius 3 is 2.56 bits per heavy atom. The quantitative estimate of drug-likeness (QED) is 0.632. The summed E-state index contributed by atoms with van der Waals surface area (Å²) in [5.41, 5.74) is 7.50. The average Bonchev–Trinajstić information content (AvgIpc) is 2.30. The fourth-order valence-corrected chi connectivity index (χ4v) is 3.07. The van der Waals surface area contributed by atoms with Crippen molar-refractivity contribution in [1.82, 2.24) is 0 Å². The number of carbonyl (C=O) groups is 1. The monoisotopic (exact) mass is 269 g/mol. The lowest BCUT2D eigenvalue weighted by atomic mass is 10.0. The van der Waals surface area contributed by atoms with Crippen LogP contribution in [0.4, 0.5) is 5.69 Å². The molecule has 0 bridgehead atoms. The highest BCUT2D eigenvalue weighted by atomic mass is 32.2. The van der Waals surface area contributed by atoms with E-state index in [-0.39, 0.29) is 23.7 Å². The van der Waals surface area contributed by atoms with Gasteiger partial charge in [-0.05, 0) is 25.0 Å². The van der Waals surface area contributed by atoms with Gasteiger partial charge in [-0.3, -0.25) is 4.79 Å². The van der Waals surface area contributed by atoms with Crippen molar-refractivity contribution < 1.29 is 13.2 Å². The molecular weight excluding hydrogens is 250 g/mol. The van der Waals surface area contributed by atoms with E-state index in [4.69, 9.17) is 5.73 Å². The molecule has 0 unspecified atom stereocenters. The van der Waals surface area contributed by atoms with Crippen LogP contribution < -0.4 is 5.73 Å². The van der Waals surface area contributed by atoms with E-state index in [1.54, 1.807) is 32.0 Å². The Morgan fingerprint density at radius 1 is 1.28 bits per heavy atom. The summed E-state index contributed by atoms with van der Waals surface area (Å²) in [5, 5.41) is 0. The summed E-state index contributed by atoms with van der Waals surface area (Å²) in [6.45, 7) is 3.57. The Bertz CT molecular complexity index is 535. The number of Topliss-reactive ketones (excluding diaryl/α,β-unsaturated/α-hetero) is 1. The highest BCUT2D eigenvalue weighted by Gasteiger charge is 2.15. The SMILES string of the molecule is CCCS(=O)(=O)CCC(=O)c1cccc(N)c1C. The second-order valence-corrected chi connectivity index (χ2v) is 6.65. The summed E-state index contributed by atoms with van der Waals surface area (Å²) in [7, 11) is -3.11. The van der Waals surface area contributed by atoms with Gasteiger partial charge < -0.3 is 5.73 Å². The van der Waals surface area contributed by atoms with Crippen LogP contribution in [0.3, 0.4) is 0 Å². The minimum atomic E-state index is -3.11. The van der Waals surface area contributed by atoms with E-state index in [0.29, 0.717) is 17.7 Å². The molecule has 0 fully saturated rings. The van der Waals surface area contributed by atoms with Gasteiger partial charge in [-0.25, -0.2) is 8.42 Å². The fraction of sp³-hybridized carbons (Fsp3) is 0.462. The molecule has 0 saturated carbocycles. The van der Waals surface area contributed by atoms with Gasteiger partial charge in [-0.1, -0.05) is 19.1 Å². The lowest BCUT2D eigenvalue weighted by molar-refractivity contribution is 0.0988. The van der Waals surface area contributed by atoms with Gasteiger partial charge in [0.1, 0.15) is 0 Å². The number of nitrogens with two attached hydrogens (primary N) is 1. The van der Waals surface area contributed by atoms with Crippen molar-refractivity contribution in [2.24, 2.45) is 0 Å². The number of benzene rings is 1. The lowest BCUT2D eigenvalue weighted by Crippen LogP contribution is -2.15. The van der Waals surface area contributed by atoms with Crippen LogP contribution in [0.15, 0.2) is 18.2 Å². The van der Waals surface area contributed by atoms with Crippen molar-refractivity contribution in [3.8, 4) is 0 Å². The number of ketones is 1. The van der Waals surface area contributed by atoms with E-state index < -0.39 is 9.84 Å². The number of rotatable bonds is 6. The van der Waals surface area contributed by atoms with Gasteiger partial charge >= 0.3 is 0 Å². The van der Waals surface area contributed by atoms with E-state index in [0.717, 1.165) is 5.56 Å². The Labute approximate surface area is 108 Å². The second kappa shape index (κ2) is 6.00. The molecule has 0 spiro atoms. The standard InChI is InChI=1S/C13H19NO3S/c1-3-8-18(16,17)9-7-13(15)11-5-4-6-12(14)10(11)2/h4-6H,3,7-9,14H2,1-2H3. The zero-order valence-electron chi connectivity index (χ0n) is 10.8. The summed E-state index contributed by atoms with van der Waals surface area (Å²) >= 11 is 0. The normalized spacial score (nSPS) is 11.4.